The molecular weight excluding hydrogens is 362 g/mol. The highest BCUT2D eigenvalue weighted by Crippen LogP contribution is 2.24. The minimum absolute atomic E-state index is 0.226. The van der Waals surface area contributed by atoms with Gasteiger partial charge in [-0.2, -0.15) is 0 Å². The number of carbonyl (C=O) groups excluding carboxylic acids is 1. The van der Waals surface area contributed by atoms with Gasteiger partial charge in [-0.05, 0) is 42.3 Å². The number of aliphatic imine (C=N–C) groups is 1. The van der Waals surface area contributed by atoms with Gasteiger partial charge in [0.05, 0.1) is 17.2 Å². The molecule has 0 saturated carbocycles. The molecule has 27 heavy (non-hydrogen) atoms. The van der Waals surface area contributed by atoms with Crippen molar-refractivity contribution in [3.63, 3.8) is 0 Å². The summed E-state index contributed by atoms with van der Waals surface area (Å²) < 4.78 is 11.0. The summed E-state index contributed by atoms with van der Waals surface area (Å²) in [6.45, 7) is 2.91. The maximum atomic E-state index is 12.1. The number of benzene rings is 2. The summed E-state index contributed by atoms with van der Waals surface area (Å²) in [6.07, 6.45) is 6.39. The van der Waals surface area contributed by atoms with Gasteiger partial charge in [0.1, 0.15) is 5.75 Å². The number of cyclic esters (lactones) is 1. The van der Waals surface area contributed by atoms with Gasteiger partial charge < -0.3 is 9.47 Å². The molecule has 1 aliphatic rings. The van der Waals surface area contributed by atoms with Crippen LogP contribution in [0.15, 0.2) is 59.2 Å². The fraction of sp³-hybridized carbons (Fsp3) is 0.273. The number of esters is 1. The van der Waals surface area contributed by atoms with Gasteiger partial charge in [-0.3, -0.25) is 0 Å². The van der Waals surface area contributed by atoms with Crippen LogP contribution in [-0.4, -0.2) is 18.5 Å². The molecule has 0 aliphatic carbocycles. The Hall–Kier alpha value is -2.59. The van der Waals surface area contributed by atoms with E-state index < -0.39 is 5.97 Å². The molecule has 0 amide bonds. The molecule has 1 aliphatic heterocycles. The second kappa shape index (κ2) is 9.38. The predicted octanol–water partition coefficient (Wildman–Crippen LogP) is 5.64. The van der Waals surface area contributed by atoms with Gasteiger partial charge in [0.2, 0.25) is 5.90 Å². The summed E-state index contributed by atoms with van der Waals surface area (Å²) in [4.78, 5) is 16.4. The number of unbranched alkanes of at least 4 members (excludes halogenated alkanes) is 3. The molecule has 4 nitrogen and oxygen atoms in total. The van der Waals surface area contributed by atoms with Crippen LogP contribution < -0.4 is 4.74 Å². The van der Waals surface area contributed by atoms with E-state index in [4.69, 9.17) is 21.1 Å². The molecule has 0 fully saturated rings. The molecular formula is C22H22ClNO3. The Labute approximate surface area is 164 Å². The van der Waals surface area contributed by atoms with Gasteiger partial charge in [0, 0.05) is 0 Å². The third-order valence-electron chi connectivity index (χ3n) is 4.17. The number of ether oxygens (including phenoxy) is 2. The number of hydrogen-bond acceptors (Lipinski definition) is 4. The summed E-state index contributed by atoms with van der Waals surface area (Å²) in [5.41, 5.74) is 1.70. The minimum Gasteiger partial charge on any atom is -0.494 e. The third kappa shape index (κ3) is 5.20. The van der Waals surface area contributed by atoms with Crippen LogP contribution in [0.1, 0.15) is 43.7 Å². The van der Waals surface area contributed by atoms with E-state index in [1.165, 1.54) is 19.3 Å². The van der Waals surface area contributed by atoms with Crippen molar-refractivity contribution in [2.75, 3.05) is 6.61 Å². The Bertz CT molecular complexity index is 856. The Morgan fingerprint density at radius 1 is 1.07 bits per heavy atom. The highest BCUT2D eigenvalue weighted by Gasteiger charge is 2.25. The number of halogens is 1. The predicted molar refractivity (Wildman–Crippen MR) is 108 cm³/mol. The maximum Gasteiger partial charge on any atom is 0.363 e. The van der Waals surface area contributed by atoms with Gasteiger partial charge in [-0.1, -0.05) is 62.1 Å². The van der Waals surface area contributed by atoms with E-state index in [1.807, 2.05) is 36.4 Å². The van der Waals surface area contributed by atoms with Crippen molar-refractivity contribution in [3.05, 3.63) is 70.4 Å². The van der Waals surface area contributed by atoms with Crippen molar-refractivity contribution in [1.29, 1.82) is 0 Å². The molecule has 3 rings (SSSR count). The van der Waals surface area contributed by atoms with Gasteiger partial charge in [-0.25, -0.2) is 9.79 Å². The number of rotatable bonds is 8. The standard InChI is InChI=1S/C22H22ClNO3/c1-2-3-4-7-14-26-17-12-10-16(11-13-17)15-20-22(25)27-21(24-20)18-8-5-6-9-19(18)23/h5-6,8-13,15H,2-4,7,14H2,1H3/b20-15-. The molecule has 0 atom stereocenters. The number of nitrogens with zero attached hydrogens (tertiary/aromatic N) is 1. The van der Waals surface area contributed by atoms with E-state index in [2.05, 4.69) is 11.9 Å². The topological polar surface area (TPSA) is 47.9 Å². The monoisotopic (exact) mass is 383 g/mol. The second-order valence-electron chi connectivity index (χ2n) is 6.29. The van der Waals surface area contributed by atoms with E-state index in [-0.39, 0.29) is 11.6 Å². The van der Waals surface area contributed by atoms with Crippen LogP contribution in [0, 0.1) is 0 Å². The van der Waals surface area contributed by atoms with Crippen molar-refractivity contribution in [2.45, 2.75) is 32.6 Å². The van der Waals surface area contributed by atoms with Gasteiger partial charge in [0.15, 0.2) is 5.70 Å². The first-order valence-electron chi connectivity index (χ1n) is 9.17. The SMILES string of the molecule is CCCCCCOc1ccc(/C=C2\N=C(c3ccccc3Cl)OC2=O)cc1. The Morgan fingerprint density at radius 3 is 2.59 bits per heavy atom. The molecule has 0 radical (unpaired) electrons. The first kappa shape index (κ1) is 19.2. The number of hydrogen-bond donors (Lipinski definition) is 0. The van der Waals surface area contributed by atoms with E-state index in [1.54, 1.807) is 18.2 Å². The van der Waals surface area contributed by atoms with Crippen LogP contribution in [0.5, 0.6) is 5.75 Å². The fourth-order valence-electron chi connectivity index (χ4n) is 2.70. The van der Waals surface area contributed by atoms with Crippen LogP contribution in [0.3, 0.4) is 0 Å². The molecule has 0 bridgehead atoms. The zero-order valence-corrected chi connectivity index (χ0v) is 16.0. The summed E-state index contributed by atoms with van der Waals surface area (Å²) in [7, 11) is 0. The van der Waals surface area contributed by atoms with Gasteiger partial charge in [0.25, 0.3) is 0 Å². The molecule has 2 aromatic carbocycles. The highest BCUT2D eigenvalue weighted by atomic mass is 35.5. The van der Waals surface area contributed by atoms with Crippen molar-refractivity contribution in [3.8, 4) is 5.75 Å². The van der Waals surface area contributed by atoms with Crippen LogP contribution in [-0.2, 0) is 9.53 Å². The van der Waals surface area contributed by atoms with Crippen molar-refractivity contribution in [2.24, 2.45) is 4.99 Å². The van der Waals surface area contributed by atoms with Crippen molar-refractivity contribution in [1.82, 2.24) is 0 Å². The van der Waals surface area contributed by atoms with Crippen LogP contribution in [0.25, 0.3) is 6.08 Å². The highest BCUT2D eigenvalue weighted by molar-refractivity contribution is 6.34. The summed E-state index contributed by atoms with van der Waals surface area (Å²) in [6, 6.07) is 14.7. The lowest BCUT2D eigenvalue weighted by molar-refractivity contribution is -0.129. The van der Waals surface area contributed by atoms with Crippen LogP contribution >= 0.6 is 11.6 Å². The quantitative estimate of drug-likeness (QED) is 0.336. The largest absolute Gasteiger partial charge is 0.494 e. The lowest BCUT2D eigenvalue weighted by Gasteiger charge is -2.06. The average molecular weight is 384 g/mol. The Kier molecular flexibility index (Phi) is 6.66. The smallest absolute Gasteiger partial charge is 0.363 e. The molecule has 2 aromatic rings. The van der Waals surface area contributed by atoms with Crippen molar-refractivity contribution < 1.29 is 14.3 Å². The van der Waals surface area contributed by atoms with Crippen LogP contribution in [0.4, 0.5) is 0 Å². The zero-order chi connectivity index (χ0) is 19.1. The lowest BCUT2D eigenvalue weighted by Crippen LogP contribution is -2.05. The molecule has 1 heterocycles. The average Bonchev–Trinajstić information content (AvgIpc) is 3.03. The molecule has 5 heteroatoms. The summed E-state index contributed by atoms with van der Waals surface area (Å²) in [5, 5.41) is 0.491. The Morgan fingerprint density at radius 2 is 1.85 bits per heavy atom. The van der Waals surface area contributed by atoms with Gasteiger partial charge >= 0.3 is 5.97 Å². The minimum atomic E-state index is -0.485. The normalized spacial score (nSPS) is 15.0. The summed E-state index contributed by atoms with van der Waals surface area (Å²) in [5.74, 6) is 0.563. The number of carbonyl (C=O) groups is 1. The molecule has 0 unspecified atom stereocenters. The van der Waals surface area contributed by atoms with E-state index in [0.29, 0.717) is 10.6 Å². The Balaban J connectivity index is 1.65. The van der Waals surface area contributed by atoms with E-state index in [0.717, 1.165) is 24.3 Å². The van der Waals surface area contributed by atoms with E-state index in [9.17, 15) is 4.79 Å². The third-order valence-corrected chi connectivity index (χ3v) is 4.50. The first-order valence-corrected chi connectivity index (χ1v) is 9.55. The first-order chi connectivity index (χ1) is 13.2. The summed E-state index contributed by atoms with van der Waals surface area (Å²) >= 11 is 6.14. The lowest BCUT2D eigenvalue weighted by atomic mass is 10.2. The molecule has 0 spiro atoms. The zero-order valence-electron chi connectivity index (χ0n) is 15.3. The fourth-order valence-corrected chi connectivity index (χ4v) is 2.91. The van der Waals surface area contributed by atoms with Crippen molar-refractivity contribution >= 4 is 29.5 Å². The molecule has 0 aromatic heterocycles. The molecule has 140 valence electrons. The maximum absolute atomic E-state index is 12.1. The molecule has 0 saturated heterocycles. The van der Waals surface area contributed by atoms with E-state index >= 15 is 0 Å². The molecule has 0 N–H and O–H groups in total. The van der Waals surface area contributed by atoms with Gasteiger partial charge in [-0.15, -0.1) is 0 Å². The second-order valence-corrected chi connectivity index (χ2v) is 6.70. The van der Waals surface area contributed by atoms with Crippen LogP contribution in [0.2, 0.25) is 5.02 Å².